The number of thiophene rings is 1. The van der Waals surface area contributed by atoms with Gasteiger partial charge >= 0.3 is 0 Å². The lowest BCUT2D eigenvalue weighted by molar-refractivity contribution is 0.102. The summed E-state index contributed by atoms with van der Waals surface area (Å²) in [5.74, 6) is 1.01. The molecule has 6 nitrogen and oxygen atoms in total. The molecule has 28 heavy (non-hydrogen) atoms. The standard InChI is InChI=1S/C20H20ClN3O3S/c1-10-8-13(14(27-3)9-12(10)21)22-18(25)17-11(2)16-19(28-17)23-15-6-4-5-7-24(15)20(16)26/h8-9H,4-7H2,1-3H3,(H,22,25). The van der Waals surface area contributed by atoms with Crippen molar-refractivity contribution in [1.29, 1.82) is 0 Å². The minimum absolute atomic E-state index is 0.0487. The van der Waals surface area contributed by atoms with Gasteiger partial charge in [-0.05, 0) is 43.9 Å². The normalized spacial score (nSPS) is 13.4. The summed E-state index contributed by atoms with van der Waals surface area (Å²) >= 11 is 7.40. The van der Waals surface area contributed by atoms with Crippen LogP contribution in [0.2, 0.25) is 5.02 Å². The fourth-order valence-electron chi connectivity index (χ4n) is 3.56. The van der Waals surface area contributed by atoms with E-state index in [1.165, 1.54) is 18.4 Å². The van der Waals surface area contributed by atoms with Crippen LogP contribution in [0.5, 0.6) is 5.75 Å². The molecule has 4 rings (SSSR count). The molecule has 0 fully saturated rings. The second-order valence-electron chi connectivity index (χ2n) is 6.93. The van der Waals surface area contributed by atoms with Gasteiger partial charge in [-0.15, -0.1) is 11.3 Å². The zero-order valence-electron chi connectivity index (χ0n) is 15.9. The lowest BCUT2D eigenvalue weighted by Gasteiger charge is -2.16. The Hall–Kier alpha value is -2.38. The molecule has 1 N–H and O–H groups in total. The van der Waals surface area contributed by atoms with Gasteiger partial charge in [-0.2, -0.15) is 0 Å². The van der Waals surface area contributed by atoms with E-state index in [0.717, 1.165) is 30.7 Å². The lowest BCUT2D eigenvalue weighted by atomic mass is 10.1. The third kappa shape index (κ3) is 3.08. The molecule has 0 unspecified atom stereocenters. The first-order valence-corrected chi connectivity index (χ1v) is 10.3. The maximum absolute atomic E-state index is 13.0. The first-order chi connectivity index (χ1) is 13.4. The van der Waals surface area contributed by atoms with Crippen molar-refractivity contribution in [3.63, 3.8) is 0 Å². The minimum Gasteiger partial charge on any atom is -0.495 e. The van der Waals surface area contributed by atoms with Gasteiger partial charge in [-0.3, -0.25) is 14.2 Å². The number of aryl methyl sites for hydroxylation is 3. The number of hydrogen-bond acceptors (Lipinski definition) is 5. The quantitative estimate of drug-likeness (QED) is 0.688. The number of nitrogens with zero attached hydrogens (tertiary/aromatic N) is 2. The monoisotopic (exact) mass is 417 g/mol. The molecule has 2 aromatic heterocycles. The van der Waals surface area contributed by atoms with E-state index in [2.05, 4.69) is 10.3 Å². The van der Waals surface area contributed by atoms with Crippen molar-refractivity contribution in [1.82, 2.24) is 9.55 Å². The van der Waals surface area contributed by atoms with Crippen LogP contribution in [0.25, 0.3) is 10.2 Å². The number of ether oxygens (including phenoxy) is 1. The van der Waals surface area contributed by atoms with E-state index < -0.39 is 0 Å². The van der Waals surface area contributed by atoms with E-state index in [1.807, 2.05) is 6.92 Å². The average Bonchev–Trinajstić information content (AvgIpc) is 3.01. The van der Waals surface area contributed by atoms with Gasteiger partial charge in [0.25, 0.3) is 11.5 Å². The highest BCUT2D eigenvalue weighted by Crippen LogP contribution is 2.33. The van der Waals surface area contributed by atoms with Crippen molar-refractivity contribution in [2.75, 3.05) is 12.4 Å². The number of methoxy groups -OCH3 is 1. The van der Waals surface area contributed by atoms with Crippen LogP contribution in [0.3, 0.4) is 0 Å². The molecule has 0 spiro atoms. The Morgan fingerprint density at radius 2 is 2.11 bits per heavy atom. The van der Waals surface area contributed by atoms with Crippen LogP contribution in [0, 0.1) is 13.8 Å². The highest BCUT2D eigenvalue weighted by atomic mass is 35.5. The second-order valence-corrected chi connectivity index (χ2v) is 8.34. The smallest absolute Gasteiger partial charge is 0.266 e. The van der Waals surface area contributed by atoms with Crippen LogP contribution in [0.15, 0.2) is 16.9 Å². The van der Waals surface area contributed by atoms with E-state index in [4.69, 9.17) is 16.3 Å². The van der Waals surface area contributed by atoms with E-state index in [9.17, 15) is 9.59 Å². The highest BCUT2D eigenvalue weighted by Gasteiger charge is 2.23. The molecular formula is C20H20ClN3O3S. The van der Waals surface area contributed by atoms with Gasteiger partial charge < -0.3 is 10.1 Å². The Balaban J connectivity index is 1.77. The van der Waals surface area contributed by atoms with E-state index in [0.29, 0.717) is 43.7 Å². The maximum Gasteiger partial charge on any atom is 0.266 e. The third-order valence-corrected chi connectivity index (χ3v) is 6.69. The Morgan fingerprint density at radius 3 is 2.86 bits per heavy atom. The number of benzene rings is 1. The van der Waals surface area contributed by atoms with E-state index >= 15 is 0 Å². The first-order valence-electron chi connectivity index (χ1n) is 9.09. The van der Waals surface area contributed by atoms with E-state index in [1.54, 1.807) is 23.6 Å². The number of amides is 1. The molecule has 0 saturated carbocycles. The molecule has 3 aromatic rings. The van der Waals surface area contributed by atoms with Crippen LogP contribution in [0.4, 0.5) is 5.69 Å². The Kier molecular flexibility index (Phi) is 4.89. The van der Waals surface area contributed by atoms with Gasteiger partial charge in [-0.1, -0.05) is 11.6 Å². The Labute approximate surface area is 171 Å². The topological polar surface area (TPSA) is 73.2 Å². The zero-order chi connectivity index (χ0) is 20.0. The number of carbonyl (C=O) groups is 1. The number of fused-ring (bicyclic) bond motifs is 2. The van der Waals surface area contributed by atoms with Gasteiger partial charge in [0.1, 0.15) is 16.4 Å². The number of anilines is 1. The van der Waals surface area contributed by atoms with Crippen LogP contribution in [-0.4, -0.2) is 22.6 Å². The molecular weight excluding hydrogens is 398 g/mol. The molecule has 3 heterocycles. The minimum atomic E-state index is -0.289. The van der Waals surface area contributed by atoms with Crippen LogP contribution < -0.4 is 15.6 Å². The van der Waals surface area contributed by atoms with Crippen molar-refractivity contribution in [3.8, 4) is 5.75 Å². The van der Waals surface area contributed by atoms with Gasteiger partial charge in [0.05, 0.1) is 23.1 Å². The molecule has 146 valence electrons. The van der Waals surface area contributed by atoms with E-state index in [-0.39, 0.29) is 11.5 Å². The number of carbonyl (C=O) groups excluding carboxylic acids is 1. The molecule has 1 amide bonds. The fourth-order valence-corrected chi connectivity index (χ4v) is 4.80. The van der Waals surface area contributed by atoms with Crippen molar-refractivity contribution in [3.05, 3.63) is 49.3 Å². The summed E-state index contributed by atoms with van der Waals surface area (Å²) in [6, 6.07) is 3.44. The number of halogens is 1. The molecule has 1 aromatic carbocycles. The number of hydrogen-bond donors (Lipinski definition) is 1. The summed E-state index contributed by atoms with van der Waals surface area (Å²) in [6.07, 6.45) is 2.81. The number of aromatic nitrogens is 2. The van der Waals surface area contributed by atoms with Gasteiger partial charge in [-0.25, -0.2) is 4.98 Å². The van der Waals surface area contributed by atoms with Crippen LogP contribution >= 0.6 is 22.9 Å². The molecule has 0 radical (unpaired) electrons. The molecule has 1 aliphatic rings. The molecule has 0 saturated heterocycles. The average molecular weight is 418 g/mol. The number of nitrogens with one attached hydrogen (secondary N) is 1. The predicted molar refractivity (Wildman–Crippen MR) is 112 cm³/mol. The first kappa shape index (κ1) is 19.0. The van der Waals surface area contributed by atoms with Crippen molar-refractivity contribution in [2.24, 2.45) is 0 Å². The summed E-state index contributed by atoms with van der Waals surface area (Å²) in [6.45, 7) is 4.35. The van der Waals surface area contributed by atoms with Gasteiger partial charge in [0.15, 0.2) is 0 Å². The maximum atomic E-state index is 13.0. The van der Waals surface area contributed by atoms with Crippen molar-refractivity contribution < 1.29 is 9.53 Å². The second kappa shape index (κ2) is 7.22. The third-order valence-electron chi connectivity index (χ3n) is 5.10. The summed E-state index contributed by atoms with van der Waals surface area (Å²) in [5, 5.41) is 3.99. The number of rotatable bonds is 3. The summed E-state index contributed by atoms with van der Waals surface area (Å²) in [5.41, 5.74) is 1.99. The molecule has 0 atom stereocenters. The largest absolute Gasteiger partial charge is 0.495 e. The lowest BCUT2D eigenvalue weighted by Crippen LogP contribution is -2.28. The zero-order valence-corrected chi connectivity index (χ0v) is 17.5. The summed E-state index contributed by atoms with van der Waals surface area (Å²) in [4.78, 5) is 31.7. The summed E-state index contributed by atoms with van der Waals surface area (Å²) in [7, 11) is 1.52. The molecule has 0 aliphatic carbocycles. The Morgan fingerprint density at radius 1 is 1.32 bits per heavy atom. The van der Waals surface area contributed by atoms with Crippen LogP contribution in [0.1, 0.15) is 39.5 Å². The fraction of sp³-hybridized carbons (Fsp3) is 0.350. The molecule has 8 heteroatoms. The SMILES string of the molecule is COc1cc(Cl)c(C)cc1NC(=O)c1sc2nc3n(c(=O)c2c1C)CCCC3. The Bertz CT molecular complexity index is 1170. The van der Waals surface area contributed by atoms with Gasteiger partial charge in [0.2, 0.25) is 0 Å². The van der Waals surface area contributed by atoms with Crippen molar-refractivity contribution >= 4 is 44.7 Å². The molecule has 1 aliphatic heterocycles. The molecule has 0 bridgehead atoms. The summed E-state index contributed by atoms with van der Waals surface area (Å²) < 4.78 is 7.08. The van der Waals surface area contributed by atoms with Crippen LogP contribution in [-0.2, 0) is 13.0 Å². The van der Waals surface area contributed by atoms with Gasteiger partial charge in [0, 0.05) is 24.1 Å². The van der Waals surface area contributed by atoms with Crippen molar-refractivity contribution in [2.45, 2.75) is 39.7 Å². The predicted octanol–water partition coefficient (Wildman–Crippen LogP) is 4.33. The highest BCUT2D eigenvalue weighted by molar-refractivity contribution is 7.20.